The monoisotopic (exact) mass is 207 g/mol. The number of rotatable bonds is 3. The average Bonchev–Trinajstić information content (AvgIpc) is 2.87. The molecule has 1 heterocycles. The van der Waals surface area contributed by atoms with Crippen LogP contribution in [-0.2, 0) is 5.41 Å². The van der Waals surface area contributed by atoms with Crippen LogP contribution in [0.25, 0.3) is 0 Å². The Labute approximate surface area is 89.6 Å². The highest BCUT2D eigenvalue weighted by Gasteiger charge is 2.65. The normalized spacial score (nSPS) is 34.1. The van der Waals surface area contributed by atoms with E-state index in [2.05, 4.69) is 16.9 Å². The van der Waals surface area contributed by atoms with Crippen LogP contribution in [0.1, 0.15) is 24.7 Å². The Bertz CT molecular complexity index is 376. The van der Waals surface area contributed by atoms with Gasteiger partial charge in [-0.05, 0) is 13.3 Å². The van der Waals surface area contributed by atoms with Gasteiger partial charge in [-0.1, -0.05) is 6.92 Å². The van der Waals surface area contributed by atoms with Crippen LogP contribution in [0, 0.1) is 12.3 Å². The molecule has 4 nitrogen and oxygen atoms in total. The summed E-state index contributed by atoms with van der Waals surface area (Å²) in [6, 6.07) is 0. The van der Waals surface area contributed by atoms with Gasteiger partial charge in [0.1, 0.15) is 0 Å². The van der Waals surface area contributed by atoms with Gasteiger partial charge < -0.3 is 10.8 Å². The standard InChI is InChI=1S/C11H17N3O/c1-8-9(14-4-3-13-8)10(2)5-11(10,6-12)7-15/h3-4,15H,5-7,12H2,1-2H3. The highest BCUT2D eigenvalue weighted by atomic mass is 16.3. The molecule has 15 heavy (non-hydrogen) atoms. The molecule has 1 fully saturated rings. The first-order valence-corrected chi connectivity index (χ1v) is 5.19. The number of nitrogens with two attached hydrogens (primary N) is 1. The molecule has 3 N–H and O–H groups in total. The quantitative estimate of drug-likeness (QED) is 0.751. The van der Waals surface area contributed by atoms with Crippen LogP contribution < -0.4 is 5.73 Å². The van der Waals surface area contributed by atoms with Gasteiger partial charge in [-0.3, -0.25) is 9.97 Å². The SMILES string of the molecule is Cc1nccnc1C1(C)CC1(CN)CO. The summed E-state index contributed by atoms with van der Waals surface area (Å²) < 4.78 is 0. The summed E-state index contributed by atoms with van der Waals surface area (Å²) in [5, 5.41) is 9.42. The van der Waals surface area contributed by atoms with Gasteiger partial charge in [-0.15, -0.1) is 0 Å². The summed E-state index contributed by atoms with van der Waals surface area (Å²) in [6.45, 7) is 4.67. The third kappa shape index (κ3) is 1.28. The van der Waals surface area contributed by atoms with Gasteiger partial charge in [0.25, 0.3) is 0 Å². The summed E-state index contributed by atoms with van der Waals surface area (Å²) in [5.41, 5.74) is 7.36. The largest absolute Gasteiger partial charge is 0.396 e. The van der Waals surface area contributed by atoms with E-state index in [0.29, 0.717) is 6.54 Å². The first kappa shape index (κ1) is 10.5. The smallest absolute Gasteiger partial charge is 0.0681 e. The lowest BCUT2D eigenvalue weighted by Gasteiger charge is -2.19. The molecule has 0 aliphatic heterocycles. The van der Waals surface area contributed by atoms with E-state index in [0.717, 1.165) is 17.8 Å². The van der Waals surface area contributed by atoms with Gasteiger partial charge in [0.2, 0.25) is 0 Å². The van der Waals surface area contributed by atoms with Crippen LogP contribution in [0.4, 0.5) is 0 Å². The number of aromatic nitrogens is 2. The molecule has 1 saturated carbocycles. The maximum Gasteiger partial charge on any atom is 0.0681 e. The van der Waals surface area contributed by atoms with E-state index in [4.69, 9.17) is 5.73 Å². The molecule has 0 bridgehead atoms. The van der Waals surface area contributed by atoms with E-state index in [1.165, 1.54) is 0 Å². The number of hydrogen-bond acceptors (Lipinski definition) is 4. The van der Waals surface area contributed by atoms with Crippen LogP contribution >= 0.6 is 0 Å². The summed E-state index contributed by atoms with van der Waals surface area (Å²) in [5.74, 6) is 0. The fourth-order valence-electron chi connectivity index (χ4n) is 2.51. The Morgan fingerprint density at radius 2 is 2.13 bits per heavy atom. The van der Waals surface area contributed by atoms with Crippen molar-refractivity contribution in [2.45, 2.75) is 25.7 Å². The Kier molecular flexibility index (Phi) is 2.28. The molecular weight excluding hydrogens is 190 g/mol. The lowest BCUT2D eigenvalue weighted by molar-refractivity contribution is 0.197. The minimum atomic E-state index is -0.187. The van der Waals surface area contributed by atoms with Crippen LogP contribution in [0.3, 0.4) is 0 Å². The van der Waals surface area contributed by atoms with Crippen molar-refractivity contribution in [3.05, 3.63) is 23.8 Å². The van der Waals surface area contributed by atoms with E-state index >= 15 is 0 Å². The second-order valence-electron chi connectivity index (χ2n) is 4.64. The maximum absolute atomic E-state index is 9.42. The van der Waals surface area contributed by atoms with Crippen molar-refractivity contribution in [2.24, 2.45) is 11.1 Å². The summed E-state index contributed by atoms with van der Waals surface area (Å²) in [4.78, 5) is 8.61. The molecule has 1 aliphatic rings. The Morgan fingerprint density at radius 3 is 2.60 bits per heavy atom. The minimum Gasteiger partial charge on any atom is -0.396 e. The van der Waals surface area contributed by atoms with Crippen LogP contribution in [0.5, 0.6) is 0 Å². The molecule has 1 aliphatic carbocycles. The van der Waals surface area contributed by atoms with Crippen molar-refractivity contribution in [1.82, 2.24) is 9.97 Å². The van der Waals surface area contributed by atoms with Gasteiger partial charge in [-0.2, -0.15) is 0 Å². The zero-order valence-electron chi connectivity index (χ0n) is 9.20. The molecule has 0 amide bonds. The molecule has 1 aromatic heterocycles. The summed E-state index contributed by atoms with van der Waals surface area (Å²) in [7, 11) is 0. The maximum atomic E-state index is 9.42. The Hall–Kier alpha value is -1.00. The Balaban J connectivity index is 2.38. The number of aliphatic hydroxyl groups is 1. The van der Waals surface area contributed by atoms with E-state index < -0.39 is 0 Å². The molecule has 82 valence electrons. The van der Waals surface area contributed by atoms with Crippen molar-refractivity contribution in [2.75, 3.05) is 13.2 Å². The fraction of sp³-hybridized carbons (Fsp3) is 0.636. The van der Waals surface area contributed by atoms with Crippen LogP contribution in [0.2, 0.25) is 0 Å². The zero-order chi connectivity index (χ0) is 11.1. The molecule has 0 aromatic carbocycles. The lowest BCUT2D eigenvalue weighted by atomic mass is 9.90. The van der Waals surface area contributed by atoms with Crippen molar-refractivity contribution in [1.29, 1.82) is 0 Å². The lowest BCUT2D eigenvalue weighted by Crippen LogP contribution is -2.29. The molecule has 0 saturated heterocycles. The third-order valence-corrected chi connectivity index (χ3v) is 3.83. The van der Waals surface area contributed by atoms with Gasteiger partial charge in [0.05, 0.1) is 18.0 Å². The topological polar surface area (TPSA) is 72.0 Å². The molecule has 0 spiro atoms. The predicted octanol–water partition coefficient (Wildman–Crippen LogP) is 0.384. The highest BCUT2D eigenvalue weighted by molar-refractivity contribution is 5.35. The van der Waals surface area contributed by atoms with Gasteiger partial charge in [-0.25, -0.2) is 0 Å². The molecule has 4 heteroatoms. The van der Waals surface area contributed by atoms with Gasteiger partial charge in [0.15, 0.2) is 0 Å². The van der Waals surface area contributed by atoms with Crippen molar-refractivity contribution in [3.63, 3.8) is 0 Å². The molecule has 2 atom stereocenters. The highest BCUT2D eigenvalue weighted by Crippen LogP contribution is 2.63. The van der Waals surface area contributed by atoms with Crippen LogP contribution in [0.15, 0.2) is 12.4 Å². The van der Waals surface area contributed by atoms with Crippen LogP contribution in [-0.4, -0.2) is 28.2 Å². The van der Waals surface area contributed by atoms with E-state index in [9.17, 15) is 5.11 Å². The second-order valence-corrected chi connectivity index (χ2v) is 4.64. The summed E-state index contributed by atoms with van der Waals surface area (Å²) >= 11 is 0. The number of nitrogens with zero attached hydrogens (tertiary/aromatic N) is 2. The molecule has 2 unspecified atom stereocenters. The second kappa shape index (κ2) is 3.25. The van der Waals surface area contributed by atoms with E-state index in [1.54, 1.807) is 12.4 Å². The van der Waals surface area contributed by atoms with E-state index in [-0.39, 0.29) is 17.4 Å². The number of aryl methyl sites for hydroxylation is 1. The number of aliphatic hydroxyl groups excluding tert-OH is 1. The molecule has 2 rings (SSSR count). The summed E-state index contributed by atoms with van der Waals surface area (Å²) in [6.07, 6.45) is 4.28. The average molecular weight is 207 g/mol. The predicted molar refractivity (Wildman–Crippen MR) is 57.3 cm³/mol. The first-order chi connectivity index (χ1) is 7.09. The van der Waals surface area contributed by atoms with Gasteiger partial charge in [0, 0.05) is 29.8 Å². The molecule has 0 radical (unpaired) electrons. The van der Waals surface area contributed by atoms with E-state index in [1.807, 2.05) is 6.92 Å². The van der Waals surface area contributed by atoms with Gasteiger partial charge >= 0.3 is 0 Å². The fourth-order valence-corrected chi connectivity index (χ4v) is 2.51. The molecule has 1 aromatic rings. The van der Waals surface area contributed by atoms with Crippen molar-refractivity contribution >= 4 is 0 Å². The first-order valence-electron chi connectivity index (χ1n) is 5.19. The zero-order valence-corrected chi connectivity index (χ0v) is 9.20. The minimum absolute atomic E-state index is 0.102. The number of hydrogen-bond donors (Lipinski definition) is 2. The van der Waals surface area contributed by atoms with Crippen molar-refractivity contribution in [3.8, 4) is 0 Å². The molecular formula is C11H17N3O. The Morgan fingerprint density at radius 1 is 1.47 bits per heavy atom. The van der Waals surface area contributed by atoms with Crippen molar-refractivity contribution < 1.29 is 5.11 Å². The third-order valence-electron chi connectivity index (χ3n) is 3.83.